The van der Waals surface area contributed by atoms with Gasteiger partial charge in [-0.15, -0.1) is 0 Å². The second-order valence-corrected chi connectivity index (χ2v) is 11.6. The Bertz CT molecular complexity index is 2820. The summed E-state index contributed by atoms with van der Waals surface area (Å²) in [4.78, 5) is 10.2. The van der Waals surface area contributed by atoms with Crippen LogP contribution in [0.1, 0.15) is 0 Å². The molecule has 0 radical (unpaired) electrons. The van der Waals surface area contributed by atoms with E-state index in [9.17, 15) is 0 Å². The van der Waals surface area contributed by atoms with E-state index in [4.69, 9.17) is 9.97 Å². The van der Waals surface area contributed by atoms with Crippen molar-refractivity contribution in [3.05, 3.63) is 133 Å². The second kappa shape index (κ2) is 7.82. The van der Waals surface area contributed by atoms with Crippen molar-refractivity contribution in [2.24, 2.45) is 0 Å². The number of hydrogen-bond donors (Lipinski definition) is 0. The van der Waals surface area contributed by atoms with Crippen molar-refractivity contribution in [2.75, 3.05) is 0 Å². The number of rotatable bonds is 2. The van der Waals surface area contributed by atoms with Crippen LogP contribution in [-0.4, -0.2) is 27.7 Å². The summed E-state index contributed by atoms with van der Waals surface area (Å²) in [6, 6.07) is 47.6. The van der Waals surface area contributed by atoms with Crippen LogP contribution >= 0.6 is 0 Å². The minimum atomic E-state index is 0.883. The van der Waals surface area contributed by atoms with E-state index in [-0.39, 0.29) is 0 Å². The SMILES string of the molecule is c1ccc(-n2c3ccccc3c3ccc(-c4cc5c6c(c4)n4c7ccccc7nc4n6c4nc6ccccc6n54)cc32)cc1. The molecule has 0 amide bonds. The van der Waals surface area contributed by atoms with Crippen molar-refractivity contribution in [1.29, 1.82) is 0 Å². The second-order valence-electron chi connectivity index (χ2n) is 11.6. The monoisotopic (exact) mass is 562 g/mol. The van der Waals surface area contributed by atoms with E-state index in [0.29, 0.717) is 0 Å². The Hall–Kier alpha value is -6.14. The average molecular weight is 563 g/mol. The van der Waals surface area contributed by atoms with Gasteiger partial charge in [0.1, 0.15) is 5.52 Å². The molecule has 0 aliphatic heterocycles. The smallest absolute Gasteiger partial charge is 0.223 e. The Balaban J connectivity index is 1.30. The van der Waals surface area contributed by atoms with Crippen molar-refractivity contribution >= 4 is 72.0 Å². The minimum Gasteiger partial charge on any atom is -0.309 e. The summed E-state index contributed by atoms with van der Waals surface area (Å²) in [6.45, 7) is 0. The molecule has 0 bridgehead atoms. The van der Waals surface area contributed by atoms with Gasteiger partial charge in [-0.05, 0) is 71.8 Å². The molecule has 0 unspecified atom stereocenters. The number of benzene rings is 6. The van der Waals surface area contributed by atoms with Crippen molar-refractivity contribution < 1.29 is 0 Å². The van der Waals surface area contributed by atoms with Gasteiger partial charge in [0, 0.05) is 16.5 Å². The minimum absolute atomic E-state index is 0.883. The van der Waals surface area contributed by atoms with Gasteiger partial charge in [-0.25, -0.2) is 14.4 Å². The number of para-hydroxylation sites is 6. The third-order valence-corrected chi connectivity index (χ3v) is 9.28. The largest absolute Gasteiger partial charge is 0.309 e. The van der Waals surface area contributed by atoms with Crippen LogP contribution in [0.5, 0.6) is 0 Å². The van der Waals surface area contributed by atoms with Crippen LogP contribution in [0, 0.1) is 0 Å². The topological polar surface area (TPSA) is 43.9 Å². The van der Waals surface area contributed by atoms with Crippen LogP contribution in [0.4, 0.5) is 0 Å². The van der Waals surface area contributed by atoms with Crippen LogP contribution in [0.15, 0.2) is 133 Å². The van der Waals surface area contributed by atoms with Gasteiger partial charge in [-0.3, -0.25) is 8.80 Å². The molecule has 6 aromatic carbocycles. The molecule has 0 saturated carbocycles. The molecular formula is C38H22N6. The molecule has 6 heteroatoms. The quantitative estimate of drug-likeness (QED) is 0.211. The molecule has 5 aromatic heterocycles. The number of nitrogens with zero attached hydrogens (tertiary/aromatic N) is 6. The molecule has 11 aromatic rings. The highest BCUT2D eigenvalue weighted by Crippen LogP contribution is 2.39. The predicted molar refractivity (Wildman–Crippen MR) is 178 cm³/mol. The first-order valence-electron chi connectivity index (χ1n) is 14.9. The Morgan fingerprint density at radius 3 is 1.61 bits per heavy atom. The first-order chi connectivity index (χ1) is 21.8. The first-order valence-corrected chi connectivity index (χ1v) is 14.9. The van der Waals surface area contributed by atoms with E-state index in [1.165, 1.54) is 27.4 Å². The van der Waals surface area contributed by atoms with Crippen LogP contribution < -0.4 is 0 Å². The molecule has 5 heterocycles. The van der Waals surface area contributed by atoms with E-state index in [0.717, 1.165) is 61.4 Å². The lowest BCUT2D eigenvalue weighted by molar-refractivity contribution is 1.15. The van der Waals surface area contributed by atoms with Gasteiger partial charge >= 0.3 is 0 Å². The summed E-state index contributed by atoms with van der Waals surface area (Å²) in [7, 11) is 0. The maximum Gasteiger partial charge on any atom is 0.223 e. The summed E-state index contributed by atoms with van der Waals surface area (Å²) in [5.41, 5.74) is 13.4. The first kappa shape index (κ1) is 22.5. The fraction of sp³-hybridized carbons (Fsp3) is 0. The molecule has 0 spiro atoms. The van der Waals surface area contributed by atoms with Gasteiger partial charge < -0.3 is 4.57 Å². The average Bonchev–Trinajstić information content (AvgIpc) is 3.86. The summed E-state index contributed by atoms with van der Waals surface area (Å²) in [5, 5.41) is 2.50. The molecule has 0 aliphatic carbocycles. The standard InChI is InChI=1S/C38H22N6/c1-2-10-25(11-3-1)41-30-15-7-4-12-26(30)27-19-18-23(20-33(27)41)24-21-34-36-35(22-24)43-32-17-9-6-14-29(32)40-38(43)44(36)37-39-28-13-5-8-16-31(28)42(34)37/h1-22H. The van der Waals surface area contributed by atoms with Crippen molar-refractivity contribution in [3.63, 3.8) is 0 Å². The lowest BCUT2D eigenvalue weighted by Crippen LogP contribution is -1.93. The van der Waals surface area contributed by atoms with Gasteiger partial charge in [-0.1, -0.05) is 72.8 Å². The molecule has 0 atom stereocenters. The fourth-order valence-corrected chi connectivity index (χ4v) is 7.44. The molecule has 0 N–H and O–H groups in total. The van der Waals surface area contributed by atoms with Gasteiger partial charge in [0.2, 0.25) is 11.6 Å². The molecule has 11 rings (SSSR count). The van der Waals surface area contributed by atoms with Gasteiger partial charge in [0.15, 0.2) is 0 Å². The third-order valence-electron chi connectivity index (χ3n) is 9.28. The van der Waals surface area contributed by atoms with Gasteiger partial charge in [0.05, 0.1) is 44.1 Å². The summed E-state index contributed by atoms with van der Waals surface area (Å²) in [5.74, 6) is 1.77. The number of imidazole rings is 4. The lowest BCUT2D eigenvalue weighted by atomic mass is 10.0. The number of aromatic nitrogens is 6. The highest BCUT2D eigenvalue weighted by Gasteiger charge is 2.24. The number of hydrogen-bond acceptors (Lipinski definition) is 2. The Labute approximate surface area is 249 Å². The Kier molecular flexibility index (Phi) is 3.99. The van der Waals surface area contributed by atoms with Gasteiger partial charge in [0.25, 0.3) is 0 Å². The highest BCUT2D eigenvalue weighted by molar-refractivity contribution is 6.11. The van der Waals surface area contributed by atoms with E-state index in [2.05, 4.69) is 139 Å². The number of fused-ring (bicyclic) bond motifs is 13. The zero-order valence-electron chi connectivity index (χ0n) is 23.4. The molecule has 0 aliphatic rings. The zero-order valence-corrected chi connectivity index (χ0v) is 23.4. The summed E-state index contributed by atoms with van der Waals surface area (Å²) >= 11 is 0. The van der Waals surface area contributed by atoms with E-state index >= 15 is 0 Å². The van der Waals surface area contributed by atoms with Crippen LogP contribution in [0.3, 0.4) is 0 Å². The van der Waals surface area contributed by atoms with E-state index < -0.39 is 0 Å². The maximum absolute atomic E-state index is 5.11. The molecular weight excluding hydrogens is 540 g/mol. The predicted octanol–water partition coefficient (Wildman–Crippen LogP) is 8.90. The van der Waals surface area contributed by atoms with Crippen molar-refractivity contribution in [1.82, 2.24) is 27.7 Å². The van der Waals surface area contributed by atoms with Crippen LogP contribution in [0.25, 0.3) is 88.8 Å². The van der Waals surface area contributed by atoms with E-state index in [1.54, 1.807) is 0 Å². The summed E-state index contributed by atoms with van der Waals surface area (Å²) in [6.07, 6.45) is 0. The Morgan fingerprint density at radius 2 is 0.932 bits per heavy atom. The third kappa shape index (κ3) is 2.67. The molecule has 44 heavy (non-hydrogen) atoms. The lowest BCUT2D eigenvalue weighted by Gasteiger charge is -2.09. The van der Waals surface area contributed by atoms with Crippen LogP contribution in [0.2, 0.25) is 0 Å². The zero-order chi connectivity index (χ0) is 28.5. The Morgan fingerprint density at radius 1 is 0.386 bits per heavy atom. The van der Waals surface area contributed by atoms with E-state index in [1.807, 2.05) is 12.1 Å². The fourth-order valence-electron chi connectivity index (χ4n) is 7.44. The molecule has 6 nitrogen and oxygen atoms in total. The highest BCUT2D eigenvalue weighted by atomic mass is 15.3. The normalized spacial score (nSPS) is 12.5. The van der Waals surface area contributed by atoms with Crippen LogP contribution in [-0.2, 0) is 0 Å². The van der Waals surface area contributed by atoms with Crippen molar-refractivity contribution in [3.8, 4) is 16.8 Å². The molecule has 0 fully saturated rings. The maximum atomic E-state index is 5.11. The molecule has 0 saturated heterocycles. The molecule has 204 valence electrons. The van der Waals surface area contributed by atoms with Crippen molar-refractivity contribution in [2.45, 2.75) is 0 Å². The summed E-state index contributed by atoms with van der Waals surface area (Å²) < 4.78 is 9.19. The van der Waals surface area contributed by atoms with Gasteiger partial charge in [-0.2, -0.15) is 0 Å².